The zero-order valence-corrected chi connectivity index (χ0v) is 11.0. The molecule has 0 atom stereocenters. The highest BCUT2D eigenvalue weighted by molar-refractivity contribution is 7.92. The van der Waals surface area contributed by atoms with Crippen LogP contribution in [0.1, 0.15) is 10.5 Å². The van der Waals surface area contributed by atoms with Crippen LogP contribution in [0.4, 0.5) is 11.5 Å². The van der Waals surface area contributed by atoms with Gasteiger partial charge in [-0.15, -0.1) is 0 Å². The van der Waals surface area contributed by atoms with E-state index in [4.69, 9.17) is 5.11 Å². The number of non-ortho nitro benzene ring substituents is 1. The number of nitrogens with zero attached hydrogens (tertiary/aromatic N) is 2. The molecule has 1 heterocycles. The van der Waals surface area contributed by atoms with E-state index in [1.165, 1.54) is 0 Å². The van der Waals surface area contributed by atoms with Crippen molar-refractivity contribution in [2.24, 2.45) is 0 Å². The van der Waals surface area contributed by atoms with Crippen molar-refractivity contribution in [3.05, 3.63) is 46.1 Å². The summed E-state index contributed by atoms with van der Waals surface area (Å²) in [5, 5.41) is 24.8. The fourth-order valence-electron chi connectivity index (χ4n) is 1.43. The molecule has 2 aromatic rings. The summed E-state index contributed by atoms with van der Waals surface area (Å²) in [6.07, 6.45) is 0. The molecule has 0 aliphatic rings. The molecule has 0 amide bonds. The van der Waals surface area contributed by atoms with E-state index in [1.807, 2.05) is 0 Å². The van der Waals surface area contributed by atoms with Gasteiger partial charge in [0.25, 0.3) is 15.7 Å². The highest BCUT2D eigenvalue weighted by Crippen LogP contribution is 2.18. The Bertz CT molecular complexity index is 795. The van der Waals surface area contributed by atoms with E-state index in [2.05, 4.69) is 14.9 Å². The van der Waals surface area contributed by atoms with Gasteiger partial charge < -0.3 is 5.11 Å². The number of H-pyrrole nitrogens is 1. The Morgan fingerprint density at radius 2 is 1.95 bits per heavy atom. The standard InChI is InChI=1S/C10H8N4O6S/c15-10(16)8-5-9(12-11-8)13-21(19,20)7-3-1-6(2-4-7)14(17)18/h1-5H,(H,15,16)(H2,11,12,13). The van der Waals surface area contributed by atoms with Crippen molar-refractivity contribution in [2.75, 3.05) is 4.72 Å². The largest absolute Gasteiger partial charge is 0.477 e. The normalized spacial score (nSPS) is 11.0. The van der Waals surface area contributed by atoms with Gasteiger partial charge in [-0.3, -0.25) is 19.9 Å². The summed E-state index contributed by atoms with van der Waals surface area (Å²) in [7, 11) is -4.02. The first-order valence-electron chi connectivity index (χ1n) is 5.35. The third-order valence-electron chi connectivity index (χ3n) is 2.41. The SMILES string of the molecule is O=C(O)c1cc(NS(=O)(=O)c2ccc([N+](=O)[O-])cc2)n[nH]1. The number of aromatic amines is 1. The van der Waals surface area contributed by atoms with Crippen molar-refractivity contribution in [1.29, 1.82) is 0 Å². The second-order valence-corrected chi connectivity index (χ2v) is 5.51. The summed E-state index contributed by atoms with van der Waals surface area (Å²) in [5.41, 5.74) is -0.529. The van der Waals surface area contributed by atoms with Crippen LogP contribution in [-0.4, -0.2) is 34.6 Å². The Balaban J connectivity index is 2.24. The topological polar surface area (TPSA) is 155 Å². The minimum Gasteiger partial charge on any atom is -0.477 e. The highest BCUT2D eigenvalue weighted by atomic mass is 32.2. The first kappa shape index (κ1) is 14.5. The number of hydrogen-bond acceptors (Lipinski definition) is 6. The minimum atomic E-state index is -4.02. The molecule has 0 aliphatic heterocycles. The maximum atomic E-state index is 12.0. The lowest BCUT2D eigenvalue weighted by Crippen LogP contribution is -2.13. The van der Waals surface area contributed by atoms with Crippen molar-refractivity contribution in [2.45, 2.75) is 4.90 Å². The molecule has 0 fully saturated rings. The Morgan fingerprint density at radius 1 is 1.33 bits per heavy atom. The van der Waals surface area contributed by atoms with Crippen LogP contribution < -0.4 is 4.72 Å². The molecule has 0 spiro atoms. The van der Waals surface area contributed by atoms with Gasteiger partial charge in [-0.1, -0.05) is 0 Å². The Hall–Kier alpha value is -2.95. The molecule has 1 aromatic heterocycles. The van der Waals surface area contributed by atoms with E-state index < -0.39 is 20.9 Å². The molecule has 3 N–H and O–H groups in total. The molecule has 0 aliphatic carbocycles. The summed E-state index contributed by atoms with van der Waals surface area (Å²) in [6.45, 7) is 0. The first-order valence-corrected chi connectivity index (χ1v) is 6.84. The second kappa shape index (κ2) is 5.20. The van der Waals surface area contributed by atoms with Gasteiger partial charge in [0.1, 0.15) is 5.69 Å². The summed E-state index contributed by atoms with van der Waals surface area (Å²) in [4.78, 5) is 20.3. The maximum absolute atomic E-state index is 12.0. The van der Waals surface area contributed by atoms with Gasteiger partial charge in [0, 0.05) is 18.2 Å². The van der Waals surface area contributed by atoms with Gasteiger partial charge in [0.15, 0.2) is 5.82 Å². The van der Waals surface area contributed by atoms with E-state index in [9.17, 15) is 23.3 Å². The molecule has 0 radical (unpaired) electrons. The number of nitro groups is 1. The van der Waals surface area contributed by atoms with Crippen molar-refractivity contribution in [3.63, 3.8) is 0 Å². The summed E-state index contributed by atoms with van der Waals surface area (Å²) >= 11 is 0. The molecule has 1 aromatic carbocycles. The Labute approximate surface area is 117 Å². The van der Waals surface area contributed by atoms with Crippen LogP contribution in [0.15, 0.2) is 35.2 Å². The summed E-state index contributed by atoms with van der Waals surface area (Å²) in [6, 6.07) is 5.21. The molecule has 21 heavy (non-hydrogen) atoms. The first-order chi connectivity index (χ1) is 9.79. The highest BCUT2D eigenvalue weighted by Gasteiger charge is 2.18. The van der Waals surface area contributed by atoms with Crippen LogP contribution in [0.2, 0.25) is 0 Å². The minimum absolute atomic E-state index is 0.203. The molecule has 11 heteroatoms. The van der Waals surface area contributed by atoms with Crippen molar-refractivity contribution in [3.8, 4) is 0 Å². The number of aromatic carboxylic acids is 1. The van der Waals surface area contributed by atoms with E-state index >= 15 is 0 Å². The molecule has 0 saturated heterocycles. The van der Waals surface area contributed by atoms with Gasteiger partial charge in [-0.2, -0.15) is 5.10 Å². The average molecular weight is 312 g/mol. The number of sulfonamides is 1. The van der Waals surface area contributed by atoms with Gasteiger partial charge in [0.2, 0.25) is 0 Å². The van der Waals surface area contributed by atoms with Crippen LogP contribution in [0.5, 0.6) is 0 Å². The van der Waals surface area contributed by atoms with E-state index in [1.54, 1.807) is 0 Å². The zero-order valence-electron chi connectivity index (χ0n) is 10.2. The predicted octanol–water partition coefficient (Wildman–Crippen LogP) is 0.817. The molecular formula is C10H8N4O6S. The van der Waals surface area contributed by atoms with Gasteiger partial charge in [0.05, 0.1) is 9.82 Å². The average Bonchev–Trinajstić information content (AvgIpc) is 2.87. The number of nitro benzene ring substituents is 1. The number of rotatable bonds is 5. The lowest BCUT2D eigenvalue weighted by Gasteiger charge is -2.04. The maximum Gasteiger partial charge on any atom is 0.353 e. The van der Waals surface area contributed by atoms with E-state index in [-0.39, 0.29) is 22.1 Å². The summed E-state index contributed by atoms with van der Waals surface area (Å²) < 4.78 is 26.0. The van der Waals surface area contributed by atoms with E-state index in [0.717, 1.165) is 30.3 Å². The summed E-state index contributed by atoms with van der Waals surface area (Å²) in [5.74, 6) is -1.49. The van der Waals surface area contributed by atoms with Gasteiger partial charge >= 0.3 is 5.97 Å². The second-order valence-electron chi connectivity index (χ2n) is 3.83. The van der Waals surface area contributed by atoms with Crippen molar-refractivity contribution in [1.82, 2.24) is 10.2 Å². The number of nitrogens with one attached hydrogen (secondary N) is 2. The molecular weight excluding hydrogens is 304 g/mol. The molecule has 0 saturated carbocycles. The van der Waals surface area contributed by atoms with Crippen molar-refractivity contribution >= 4 is 27.5 Å². The molecule has 110 valence electrons. The van der Waals surface area contributed by atoms with Crippen LogP contribution in [0.3, 0.4) is 0 Å². The van der Waals surface area contributed by atoms with Gasteiger partial charge in [-0.05, 0) is 12.1 Å². The Morgan fingerprint density at radius 3 is 2.43 bits per heavy atom. The molecule has 10 nitrogen and oxygen atoms in total. The third-order valence-corrected chi connectivity index (χ3v) is 3.78. The van der Waals surface area contributed by atoms with Crippen LogP contribution in [-0.2, 0) is 10.0 Å². The van der Waals surface area contributed by atoms with Crippen LogP contribution in [0.25, 0.3) is 0 Å². The lowest BCUT2D eigenvalue weighted by atomic mass is 10.3. The molecule has 0 unspecified atom stereocenters. The quantitative estimate of drug-likeness (QED) is 0.545. The Kier molecular flexibility index (Phi) is 3.58. The van der Waals surface area contributed by atoms with Crippen molar-refractivity contribution < 1.29 is 23.2 Å². The van der Waals surface area contributed by atoms with E-state index in [0.29, 0.717) is 0 Å². The monoisotopic (exact) mass is 312 g/mol. The molecule has 2 rings (SSSR count). The number of hydrogen-bond donors (Lipinski definition) is 3. The number of benzene rings is 1. The number of carboxylic acids is 1. The molecule has 0 bridgehead atoms. The van der Waals surface area contributed by atoms with Crippen LogP contribution >= 0.6 is 0 Å². The number of aromatic nitrogens is 2. The van der Waals surface area contributed by atoms with Gasteiger partial charge in [-0.25, -0.2) is 13.2 Å². The fourth-order valence-corrected chi connectivity index (χ4v) is 2.42. The fraction of sp³-hybridized carbons (Fsp3) is 0. The number of anilines is 1. The zero-order chi connectivity index (χ0) is 15.6. The van der Waals surface area contributed by atoms with Crippen LogP contribution in [0, 0.1) is 10.1 Å². The lowest BCUT2D eigenvalue weighted by molar-refractivity contribution is -0.384. The number of carboxylic acid groups (broad SMARTS) is 1. The predicted molar refractivity (Wildman–Crippen MR) is 69.5 cm³/mol. The number of carbonyl (C=O) groups is 1. The third kappa shape index (κ3) is 3.14. The smallest absolute Gasteiger partial charge is 0.353 e.